The number of nitrogens with zero attached hydrogens (tertiary/aromatic N) is 2. The van der Waals surface area contributed by atoms with Gasteiger partial charge in [-0.1, -0.05) is 48.5 Å². The molecule has 0 saturated carbocycles. The van der Waals surface area contributed by atoms with Gasteiger partial charge in [-0.15, -0.1) is 0 Å². The molecule has 27 heavy (non-hydrogen) atoms. The number of hydrogen-bond acceptors (Lipinski definition) is 4. The summed E-state index contributed by atoms with van der Waals surface area (Å²) in [5, 5.41) is 2.18. The van der Waals surface area contributed by atoms with Crippen LogP contribution in [0.5, 0.6) is 0 Å². The summed E-state index contributed by atoms with van der Waals surface area (Å²) in [6.45, 7) is 5.08. The molecule has 1 aliphatic heterocycles. The van der Waals surface area contributed by atoms with Crippen LogP contribution >= 0.6 is 0 Å². The Morgan fingerprint density at radius 1 is 0.963 bits per heavy atom. The van der Waals surface area contributed by atoms with Crippen LogP contribution in [0.15, 0.2) is 48.5 Å². The van der Waals surface area contributed by atoms with Gasteiger partial charge in [-0.05, 0) is 29.2 Å². The molecule has 1 aliphatic carbocycles. The second kappa shape index (κ2) is 7.13. The number of rotatable bonds is 3. The van der Waals surface area contributed by atoms with Crippen molar-refractivity contribution in [2.75, 3.05) is 26.2 Å². The highest BCUT2D eigenvalue weighted by atomic mass is 16.2. The maximum Gasteiger partial charge on any atom is 0.318 e. The molecule has 0 bridgehead atoms. The molecule has 0 aromatic heterocycles. The largest absolute Gasteiger partial charge is 0.351 e. The normalized spacial score (nSPS) is 18.6. The average molecular weight is 364 g/mol. The molecule has 1 atom stereocenters. The maximum absolute atomic E-state index is 12.1. The molecule has 0 spiro atoms. The van der Waals surface area contributed by atoms with Crippen LogP contribution in [0.4, 0.5) is 4.79 Å². The Morgan fingerprint density at radius 3 is 2.00 bits per heavy atom. The number of fused-ring (bicyclic) bond motifs is 3. The minimum atomic E-state index is -0.801. The second-order valence-electron chi connectivity index (χ2n) is 7.18. The average Bonchev–Trinajstić information content (AvgIpc) is 3.01. The zero-order valence-corrected chi connectivity index (χ0v) is 15.4. The fourth-order valence-corrected chi connectivity index (χ4v) is 4.30. The Balaban J connectivity index is 1.50. The third-order valence-corrected chi connectivity index (χ3v) is 5.69. The first kappa shape index (κ1) is 17.7. The van der Waals surface area contributed by atoms with Crippen LogP contribution in [0.25, 0.3) is 11.1 Å². The number of benzene rings is 2. The lowest BCUT2D eigenvalue weighted by atomic mass is 10.0. The number of piperazine rings is 1. The highest BCUT2D eigenvalue weighted by Crippen LogP contribution is 2.46. The topological polar surface area (TPSA) is 78.7 Å². The van der Waals surface area contributed by atoms with E-state index in [2.05, 4.69) is 63.6 Å². The van der Waals surface area contributed by atoms with Crippen molar-refractivity contribution in [3.05, 3.63) is 59.7 Å². The summed E-state index contributed by atoms with van der Waals surface area (Å²) >= 11 is 0. The van der Waals surface area contributed by atoms with E-state index in [0.29, 0.717) is 0 Å². The third kappa shape index (κ3) is 3.22. The van der Waals surface area contributed by atoms with Crippen molar-refractivity contribution in [2.45, 2.75) is 19.0 Å². The van der Waals surface area contributed by atoms with Crippen molar-refractivity contribution in [3.8, 4) is 11.1 Å². The molecule has 6 nitrogen and oxygen atoms in total. The molecule has 2 aromatic rings. The summed E-state index contributed by atoms with van der Waals surface area (Å²) in [5.74, 6) is -0.340. The van der Waals surface area contributed by atoms with Crippen molar-refractivity contribution in [3.63, 3.8) is 0 Å². The zero-order chi connectivity index (χ0) is 19.0. The highest BCUT2D eigenvalue weighted by molar-refractivity contribution is 5.96. The van der Waals surface area contributed by atoms with Gasteiger partial charge >= 0.3 is 6.03 Å². The maximum atomic E-state index is 12.1. The predicted molar refractivity (Wildman–Crippen MR) is 104 cm³/mol. The number of primary amides is 1. The van der Waals surface area contributed by atoms with Crippen molar-refractivity contribution in [2.24, 2.45) is 5.73 Å². The van der Waals surface area contributed by atoms with E-state index in [9.17, 15) is 9.59 Å². The minimum Gasteiger partial charge on any atom is -0.351 e. The van der Waals surface area contributed by atoms with E-state index < -0.39 is 6.03 Å². The number of carbonyl (C=O) groups excluding carboxylic acids is 2. The van der Waals surface area contributed by atoms with Gasteiger partial charge in [0.25, 0.3) is 0 Å². The summed E-state index contributed by atoms with van der Waals surface area (Å²) in [5.41, 5.74) is 10.4. The molecule has 0 radical (unpaired) electrons. The van der Waals surface area contributed by atoms with Crippen LogP contribution in [0.2, 0.25) is 0 Å². The van der Waals surface area contributed by atoms with Crippen molar-refractivity contribution in [1.29, 1.82) is 0 Å². The third-order valence-electron chi connectivity index (χ3n) is 5.69. The number of hydrogen-bond donors (Lipinski definition) is 2. The molecule has 3 N–H and O–H groups in total. The SMILES string of the molecule is CC(C(=O)NC(N)=O)N1CCN(C2c3ccccc3-c3ccccc32)CC1. The van der Waals surface area contributed by atoms with Gasteiger partial charge in [0, 0.05) is 26.2 Å². The van der Waals surface area contributed by atoms with E-state index in [1.165, 1.54) is 22.3 Å². The van der Waals surface area contributed by atoms with Crippen molar-refractivity contribution >= 4 is 11.9 Å². The smallest absolute Gasteiger partial charge is 0.318 e. The summed E-state index contributed by atoms with van der Waals surface area (Å²) < 4.78 is 0. The van der Waals surface area contributed by atoms with E-state index in [0.717, 1.165) is 26.2 Å². The summed E-state index contributed by atoms with van der Waals surface area (Å²) in [4.78, 5) is 27.6. The molecule has 2 aromatic carbocycles. The first-order valence-electron chi connectivity index (χ1n) is 9.33. The van der Waals surface area contributed by atoms with E-state index in [1.807, 2.05) is 6.92 Å². The second-order valence-corrected chi connectivity index (χ2v) is 7.18. The quantitative estimate of drug-likeness (QED) is 0.873. The van der Waals surface area contributed by atoms with Crippen LogP contribution in [0.3, 0.4) is 0 Å². The zero-order valence-electron chi connectivity index (χ0n) is 15.4. The molecule has 1 saturated heterocycles. The number of nitrogens with one attached hydrogen (secondary N) is 1. The summed E-state index contributed by atoms with van der Waals surface area (Å²) in [6, 6.07) is 16.3. The molecule has 140 valence electrons. The molecular formula is C21H24N4O2. The summed E-state index contributed by atoms with van der Waals surface area (Å²) in [6.07, 6.45) is 0. The molecule has 4 rings (SSSR count). The lowest BCUT2D eigenvalue weighted by Crippen LogP contribution is -2.55. The molecule has 1 unspecified atom stereocenters. The van der Waals surface area contributed by atoms with Crippen LogP contribution in [-0.2, 0) is 4.79 Å². The Morgan fingerprint density at radius 2 is 1.48 bits per heavy atom. The van der Waals surface area contributed by atoms with Crippen molar-refractivity contribution in [1.82, 2.24) is 15.1 Å². The highest BCUT2D eigenvalue weighted by Gasteiger charge is 2.35. The lowest BCUT2D eigenvalue weighted by Gasteiger charge is -2.40. The molecule has 1 heterocycles. The van der Waals surface area contributed by atoms with E-state index in [4.69, 9.17) is 5.73 Å². The van der Waals surface area contributed by atoms with Crippen LogP contribution < -0.4 is 11.1 Å². The van der Waals surface area contributed by atoms with Gasteiger partial charge in [-0.25, -0.2) is 4.79 Å². The molecular weight excluding hydrogens is 340 g/mol. The minimum absolute atomic E-state index is 0.259. The van der Waals surface area contributed by atoms with Gasteiger partial charge < -0.3 is 5.73 Å². The van der Waals surface area contributed by atoms with E-state index in [-0.39, 0.29) is 18.0 Å². The van der Waals surface area contributed by atoms with Crippen LogP contribution in [-0.4, -0.2) is 54.0 Å². The Kier molecular flexibility index (Phi) is 4.68. The monoisotopic (exact) mass is 364 g/mol. The first-order chi connectivity index (χ1) is 13.1. The standard InChI is InChI=1S/C21H24N4O2/c1-14(20(26)23-21(22)27)24-10-12-25(13-11-24)19-17-8-4-2-6-15(17)16-7-3-5-9-18(16)19/h2-9,14,19H,10-13H2,1H3,(H3,22,23,26,27). The van der Waals surface area contributed by atoms with Gasteiger partial charge in [-0.3, -0.25) is 19.9 Å². The van der Waals surface area contributed by atoms with Gasteiger partial charge in [0.2, 0.25) is 5.91 Å². The summed E-state index contributed by atoms with van der Waals surface area (Å²) in [7, 11) is 0. The molecule has 6 heteroatoms. The van der Waals surface area contributed by atoms with Gasteiger partial charge in [-0.2, -0.15) is 0 Å². The molecule has 2 aliphatic rings. The number of urea groups is 1. The predicted octanol–water partition coefficient (Wildman–Crippen LogP) is 1.96. The molecule has 3 amide bonds. The number of carbonyl (C=O) groups is 2. The Labute approximate surface area is 158 Å². The van der Waals surface area contributed by atoms with Crippen LogP contribution in [0, 0.1) is 0 Å². The molecule has 1 fully saturated rings. The first-order valence-corrected chi connectivity index (χ1v) is 9.33. The van der Waals surface area contributed by atoms with Gasteiger partial charge in [0.15, 0.2) is 0 Å². The Bertz CT molecular complexity index is 828. The fraction of sp³-hybridized carbons (Fsp3) is 0.333. The Hall–Kier alpha value is -2.70. The van der Waals surface area contributed by atoms with Crippen LogP contribution in [0.1, 0.15) is 24.1 Å². The number of nitrogens with two attached hydrogens (primary N) is 1. The number of amides is 3. The van der Waals surface area contributed by atoms with E-state index in [1.54, 1.807) is 0 Å². The van der Waals surface area contributed by atoms with Crippen molar-refractivity contribution < 1.29 is 9.59 Å². The van der Waals surface area contributed by atoms with Gasteiger partial charge in [0.05, 0.1) is 12.1 Å². The number of imide groups is 1. The lowest BCUT2D eigenvalue weighted by molar-refractivity contribution is -0.125. The van der Waals surface area contributed by atoms with Gasteiger partial charge in [0.1, 0.15) is 0 Å². The fourth-order valence-electron chi connectivity index (χ4n) is 4.30. The van der Waals surface area contributed by atoms with E-state index >= 15 is 0 Å².